The van der Waals surface area contributed by atoms with Crippen LogP contribution in [0.5, 0.6) is 0 Å². The molecule has 2 rings (SSSR count). The van der Waals surface area contributed by atoms with Gasteiger partial charge in [-0.15, -0.1) is 11.3 Å². The standard InChI is InChI=1S/C14H23BrN2O2S2/c1-3-8-17(10-12-6-4-5-7-16-12)21(18,19)13-9-14(15)20-11(13)2/h9,12,16H,3-8,10H2,1-2H3. The normalized spacial score (nSPS) is 20.1. The Balaban J connectivity index is 2.21. The monoisotopic (exact) mass is 394 g/mol. The first-order chi connectivity index (χ1) is 9.95. The Morgan fingerprint density at radius 2 is 2.24 bits per heavy atom. The molecule has 1 aromatic rings. The van der Waals surface area contributed by atoms with Crippen LogP contribution in [0.2, 0.25) is 0 Å². The molecule has 0 spiro atoms. The van der Waals surface area contributed by atoms with Crippen molar-refractivity contribution in [1.82, 2.24) is 9.62 Å². The van der Waals surface area contributed by atoms with E-state index in [2.05, 4.69) is 21.2 Å². The Morgan fingerprint density at radius 3 is 2.76 bits per heavy atom. The van der Waals surface area contributed by atoms with Crippen molar-refractivity contribution in [2.24, 2.45) is 0 Å². The first kappa shape index (κ1) is 17.4. The summed E-state index contributed by atoms with van der Waals surface area (Å²) in [6.45, 7) is 6.03. The topological polar surface area (TPSA) is 49.4 Å². The maximum absolute atomic E-state index is 12.9. The fourth-order valence-corrected chi connectivity index (χ4v) is 6.67. The predicted octanol–water partition coefficient (Wildman–Crippen LogP) is 3.36. The molecule has 0 saturated carbocycles. The molecule has 1 fully saturated rings. The van der Waals surface area contributed by atoms with E-state index in [0.29, 0.717) is 18.0 Å². The van der Waals surface area contributed by atoms with Crippen molar-refractivity contribution in [2.75, 3.05) is 19.6 Å². The van der Waals surface area contributed by atoms with Gasteiger partial charge in [0.25, 0.3) is 0 Å². The molecule has 0 aromatic carbocycles. The number of aryl methyl sites for hydroxylation is 1. The predicted molar refractivity (Wildman–Crippen MR) is 91.4 cm³/mol. The van der Waals surface area contributed by atoms with E-state index in [1.165, 1.54) is 24.2 Å². The molecular weight excluding hydrogens is 372 g/mol. The number of nitrogens with one attached hydrogen (secondary N) is 1. The van der Waals surface area contributed by atoms with Gasteiger partial charge < -0.3 is 5.32 Å². The molecule has 0 aliphatic carbocycles. The largest absolute Gasteiger partial charge is 0.313 e. The zero-order valence-corrected chi connectivity index (χ0v) is 15.8. The summed E-state index contributed by atoms with van der Waals surface area (Å²) in [4.78, 5) is 1.29. The fraction of sp³-hybridized carbons (Fsp3) is 0.714. The van der Waals surface area contributed by atoms with Crippen LogP contribution < -0.4 is 5.32 Å². The number of hydrogen-bond donors (Lipinski definition) is 1. The number of nitrogens with zero attached hydrogens (tertiary/aromatic N) is 1. The molecule has 1 aromatic heterocycles. The van der Waals surface area contributed by atoms with Crippen LogP contribution >= 0.6 is 27.3 Å². The number of hydrogen-bond acceptors (Lipinski definition) is 4. The SMILES string of the molecule is CCCN(CC1CCCCN1)S(=O)(=O)c1cc(Br)sc1C. The second-order valence-corrected chi connectivity index (χ2v) is 10.0. The van der Waals surface area contributed by atoms with Gasteiger partial charge in [-0.05, 0) is 54.7 Å². The first-order valence-corrected chi connectivity index (χ1v) is 10.5. The van der Waals surface area contributed by atoms with Gasteiger partial charge in [0.2, 0.25) is 10.0 Å². The quantitative estimate of drug-likeness (QED) is 0.804. The zero-order valence-electron chi connectivity index (χ0n) is 12.6. The summed E-state index contributed by atoms with van der Waals surface area (Å²) in [6, 6.07) is 2.01. The minimum Gasteiger partial charge on any atom is -0.313 e. The minimum atomic E-state index is -3.40. The maximum Gasteiger partial charge on any atom is 0.244 e. The highest BCUT2D eigenvalue weighted by Gasteiger charge is 2.29. The molecule has 0 radical (unpaired) electrons. The third-order valence-electron chi connectivity index (χ3n) is 3.77. The highest BCUT2D eigenvalue weighted by Crippen LogP contribution is 2.31. The highest BCUT2D eigenvalue weighted by atomic mass is 79.9. The molecule has 2 heterocycles. The average Bonchev–Trinajstić information content (AvgIpc) is 2.79. The van der Waals surface area contributed by atoms with Crippen molar-refractivity contribution in [1.29, 1.82) is 0 Å². The lowest BCUT2D eigenvalue weighted by Crippen LogP contribution is -2.46. The Kier molecular flexibility index (Phi) is 6.25. The van der Waals surface area contributed by atoms with Crippen LogP contribution in [0.1, 0.15) is 37.5 Å². The van der Waals surface area contributed by atoms with E-state index in [4.69, 9.17) is 0 Å². The van der Waals surface area contributed by atoms with E-state index in [1.807, 2.05) is 13.8 Å². The number of sulfonamides is 1. The van der Waals surface area contributed by atoms with E-state index in [0.717, 1.165) is 28.0 Å². The summed E-state index contributed by atoms with van der Waals surface area (Å²) < 4.78 is 28.3. The summed E-state index contributed by atoms with van der Waals surface area (Å²) >= 11 is 4.86. The summed E-state index contributed by atoms with van der Waals surface area (Å²) in [5, 5.41) is 3.44. The van der Waals surface area contributed by atoms with E-state index >= 15 is 0 Å². The molecule has 1 aliphatic rings. The molecule has 1 N–H and O–H groups in total. The molecule has 7 heteroatoms. The van der Waals surface area contributed by atoms with Crippen LogP contribution in [0.4, 0.5) is 0 Å². The van der Waals surface area contributed by atoms with Gasteiger partial charge in [-0.1, -0.05) is 13.3 Å². The Hall–Kier alpha value is 0.0500. The van der Waals surface area contributed by atoms with Gasteiger partial charge in [0.05, 0.1) is 8.68 Å². The van der Waals surface area contributed by atoms with Crippen LogP contribution in [-0.2, 0) is 10.0 Å². The van der Waals surface area contributed by atoms with Crippen molar-refractivity contribution in [2.45, 2.75) is 50.5 Å². The van der Waals surface area contributed by atoms with E-state index < -0.39 is 10.0 Å². The van der Waals surface area contributed by atoms with Gasteiger partial charge in [-0.2, -0.15) is 4.31 Å². The summed E-state index contributed by atoms with van der Waals surface area (Å²) in [7, 11) is -3.40. The Bertz CT molecular complexity index is 566. The lowest BCUT2D eigenvalue weighted by molar-refractivity contribution is 0.312. The smallest absolute Gasteiger partial charge is 0.244 e. The van der Waals surface area contributed by atoms with Crippen LogP contribution in [0.25, 0.3) is 0 Å². The molecule has 1 atom stereocenters. The Labute approximate surface area is 140 Å². The number of piperidine rings is 1. The number of thiophene rings is 1. The second-order valence-electron chi connectivity index (χ2n) is 5.48. The summed E-state index contributed by atoms with van der Waals surface area (Å²) in [5.41, 5.74) is 0. The number of halogens is 1. The molecule has 4 nitrogen and oxygen atoms in total. The van der Waals surface area contributed by atoms with E-state index in [9.17, 15) is 8.42 Å². The lowest BCUT2D eigenvalue weighted by Gasteiger charge is -2.29. The number of rotatable bonds is 6. The third-order valence-corrected chi connectivity index (χ3v) is 7.44. The van der Waals surface area contributed by atoms with Crippen molar-refractivity contribution in [3.05, 3.63) is 14.7 Å². The molecular formula is C14H23BrN2O2S2. The molecule has 0 bridgehead atoms. The van der Waals surface area contributed by atoms with Gasteiger partial charge in [-0.25, -0.2) is 8.42 Å². The summed E-state index contributed by atoms with van der Waals surface area (Å²) in [6.07, 6.45) is 4.26. The van der Waals surface area contributed by atoms with Crippen LogP contribution in [0.3, 0.4) is 0 Å². The molecule has 1 saturated heterocycles. The van der Waals surface area contributed by atoms with Gasteiger partial charge in [-0.3, -0.25) is 0 Å². The highest BCUT2D eigenvalue weighted by molar-refractivity contribution is 9.11. The minimum absolute atomic E-state index is 0.280. The average molecular weight is 395 g/mol. The molecule has 1 unspecified atom stereocenters. The zero-order chi connectivity index (χ0) is 15.5. The third kappa shape index (κ3) is 4.28. The second kappa shape index (κ2) is 7.55. The molecule has 21 heavy (non-hydrogen) atoms. The van der Waals surface area contributed by atoms with Crippen molar-refractivity contribution in [3.8, 4) is 0 Å². The maximum atomic E-state index is 12.9. The lowest BCUT2D eigenvalue weighted by atomic mass is 10.1. The van der Waals surface area contributed by atoms with Crippen molar-refractivity contribution >= 4 is 37.3 Å². The van der Waals surface area contributed by atoms with E-state index in [-0.39, 0.29) is 6.04 Å². The molecule has 1 aliphatic heterocycles. The van der Waals surface area contributed by atoms with Gasteiger partial charge in [0.1, 0.15) is 0 Å². The Morgan fingerprint density at radius 1 is 1.48 bits per heavy atom. The van der Waals surface area contributed by atoms with Crippen LogP contribution in [0, 0.1) is 6.92 Å². The van der Waals surface area contributed by atoms with Gasteiger partial charge >= 0.3 is 0 Å². The van der Waals surface area contributed by atoms with Crippen LogP contribution in [0.15, 0.2) is 14.7 Å². The van der Waals surface area contributed by atoms with Crippen LogP contribution in [-0.4, -0.2) is 38.4 Å². The summed E-state index contributed by atoms with van der Waals surface area (Å²) in [5.74, 6) is 0. The first-order valence-electron chi connectivity index (χ1n) is 7.44. The van der Waals surface area contributed by atoms with Crippen molar-refractivity contribution < 1.29 is 8.42 Å². The van der Waals surface area contributed by atoms with E-state index in [1.54, 1.807) is 10.4 Å². The molecule has 120 valence electrons. The van der Waals surface area contributed by atoms with Gasteiger partial charge in [0, 0.05) is 24.0 Å². The van der Waals surface area contributed by atoms with Crippen molar-refractivity contribution in [3.63, 3.8) is 0 Å². The van der Waals surface area contributed by atoms with Gasteiger partial charge in [0.15, 0.2) is 0 Å². The molecule has 0 amide bonds. The fourth-order valence-electron chi connectivity index (χ4n) is 2.71.